The number of hydrogen-bond acceptors (Lipinski definition) is 3. The molecule has 0 saturated carbocycles. The van der Waals surface area contributed by atoms with Gasteiger partial charge in [0.15, 0.2) is 0 Å². The topological polar surface area (TPSA) is 80.9 Å². The lowest BCUT2D eigenvalue weighted by atomic mass is 10.2. The van der Waals surface area contributed by atoms with E-state index in [2.05, 4.69) is 15.3 Å². The molecule has 0 radical (unpaired) electrons. The number of nitrogens with two attached hydrogens (primary N) is 1. The van der Waals surface area contributed by atoms with Crippen molar-refractivity contribution in [1.82, 2.24) is 9.97 Å². The predicted octanol–water partition coefficient (Wildman–Crippen LogP) is 1.43. The highest BCUT2D eigenvalue weighted by atomic mass is 16.2. The maximum absolute atomic E-state index is 10.7. The molecule has 0 unspecified atom stereocenters. The average Bonchev–Trinajstić information content (AvgIpc) is 2.16. The highest BCUT2D eigenvalue weighted by molar-refractivity contribution is 5.91. The summed E-state index contributed by atoms with van der Waals surface area (Å²) in [5.74, 6) is 0.693. The highest BCUT2D eigenvalue weighted by Gasteiger charge is 2.00. The van der Waals surface area contributed by atoms with E-state index < -0.39 is 6.03 Å². The Hall–Kier alpha value is -2.17. The van der Waals surface area contributed by atoms with Gasteiger partial charge in [0.05, 0.1) is 5.52 Å². The van der Waals surface area contributed by atoms with Gasteiger partial charge in [0.25, 0.3) is 0 Å². The summed E-state index contributed by atoms with van der Waals surface area (Å²) < 4.78 is 0. The van der Waals surface area contributed by atoms with Gasteiger partial charge in [-0.25, -0.2) is 14.8 Å². The molecule has 15 heavy (non-hydrogen) atoms. The number of anilines is 1. The van der Waals surface area contributed by atoms with Crippen molar-refractivity contribution in [2.45, 2.75) is 6.92 Å². The molecule has 2 rings (SSSR count). The number of hydrogen-bond donors (Lipinski definition) is 2. The third-order valence-electron chi connectivity index (χ3n) is 1.97. The van der Waals surface area contributed by atoms with E-state index in [0.29, 0.717) is 11.5 Å². The van der Waals surface area contributed by atoms with Crippen LogP contribution in [0.2, 0.25) is 0 Å². The second-order valence-corrected chi connectivity index (χ2v) is 3.18. The molecule has 3 N–H and O–H groups in total. The van der Waals surface area contributed by atoms with Crippen LogP contribution in [0.5, 0.6) is 0 Å². The van der Waals surface area contributed by atoms with Gasteiger partial charge in [-0.3, -0.25) is 0 Å². The lowest BCUT2D eigenvalue weighted by Crippen LogP contribution is -2.19. The minimum atomic E-state index is -0.583. The van der Waals surface area contributed by atoms with Crippen LogP contribution < -0.4 is 11.1 Å². The molecule has 5 nitrogen and oxygen atoms in total. The Morgan fingerprint density at radius 3 is 3.00 bits per heavy atom. The second kappa shape index (κ2) is 3.53. The third kappa shape index (κ3) is 2.01. The van der Waals surface area contributed by atoms with Gasteiger partial charge in [0, 0.05) is 17.3 Å². The molecule has 0 spiro atoms. The number of primary amides is 1. The second-order valence-electron chi connectivity index (χ2n) is 3.18. The molecule has 2 aromatic rings. The molecule has 5 heteroatoms. The molecule has 76 valence electrons. The number of aromatic nitrogens is 2. The lowest BCUT2D eigenvalue weighted by molar-refractivity contribution is 0.259. The van der Waals surface area contributed by atoms with Crippen molar-refractivity contribution in [1.29, 1.82) is 0 Å². The number of amides is 2. The number of nitrogens with zero attached hydrogens (tertiary/aromatic N) is 2. The van der Waals surface area contributed by atoms with E-state index in [-0.39, 0.29) is 0 Å². The minimum absolute atomic E-state index is 0.583. The van der Waals surface area contributed by atoms with E-state index in [1.165, 1.54) is 0 Å². The Kier molecular flexibility index (Phi) is 2.21. The standard InChI is InChI=1S/C10H10N4O/c1-6-12-5-7-2-3-8(14-10(11)15)4-9(7)13-6/h2-5H,1H3,(H3,11,14,15). The van der Waals surface area contributed by atoms with Crippen molar-refractivity contribution >= 4 is 22.6 Å². The van der Waals surface area contributed by atoms with Gasteiger partial charge in [-0.05, 0) is 25.1 Å². The predicted molar refractivity (Wildman–Crippen MR) is 57.5 cm³/mol. The Morgan fingerprint density at radius 1 is 1.47 bits per heavy atom. The lowest BCUT2D eigenvalue weighted by Gasteiger charge is -2.03. The normalized spacial score (nSPS) is 10.2. The monoisotopic (exact) mass is 202 g/mol. The van der Waals surface area contributed by atoms with E-state index in [1.807, 2.05) is 13.0 Å². The van der Waals surface area contributed by atoms with Crippen LogP contribution in [0.3, 0.4) is 0 Å². The highest BCUT2D eigenvalue weighted by Crippen LogP contribution is 2.16. The molecule has 2 amide bonds. The number of fused-ring (bicyclic) bond motifs is 1. The molecule has 0 aliphatic carbocycles. The average molecular weight is 202 g/mol. The summed E-state index contributed by atoms with van der Waals surface area (Å²) in [6.45, 7) is 1.81. The first kappa shape index (κ1) is 9.39. The van der Waals surface area contributed by atoms with Crippen LogP contribution in [-0.4, -0.2) is 16.0 Å². The molecule has 1 aromatic heterocycles. The maximum Gasteiger partial charge on any atom is 0.316 e. The molecular formula is C10H10N4O. The number of nitrogens with one attached hydrogen (secondary N) is 1. The van der Waals surface area contributed by atoms with Crippen molar-refractivity contribution in [2.24, 2.45) is 5.73 Å². The van der Waals surface area contributed by atoms with Crippen molar-refractivity contribution in [3.8, 4) is 0 Å². The Labute approximate surface area is 86.3 Å². The number of aryl methyl sites for hydroxylation is 1. The molecule has 0 fully saturated rings. The molecular weight excluding hydrogens is 192 g/mol. The van der Waals surface area contributed by atoms with Crippen molar-refractivity contribution in [3.05, 3.63) is 30.2 Å². The van der Waals surface area contributed by atoms with Crippen molar-refractivity contribution < 1.29 is 4.79 Å². The van der Waals surface area contributed by atoms with Gasteiger partial charge in [0.1, 0.15) is 5.82 Å². The van der Waals surface area contributed by atoms with Gasteiger partial charge in [-0.1, -0.05) is 0 Å². The minimum Gasteiger partial charge on any atom is -0.351 e. The van der Waals surface area contributed by atoms with Crippen LogP contribution >= 0.6 is 0 Å². The summed E-state index contributed by atoms with van der Waals surface area (Å²) >= 11 is 0. The Morgan fingerprint density at radius 2 is 2.27 bits per heavy atom. The molecule has 0 bridgehead atoms. The zero-order valence-electron chi connectivity index (χ0n) is 8.19. The van der Waals surface area contributed by atoms with Gasteiger partial charge in [-0.15, -0.1) is 0 Å². The van der Waals surface area contributed by atoms with Crippen molar-refractivity contribution in [2.75, 3.05) is 5.32 Å². The molecule has 0 aliphatic heterocycles. The van der Waals surface area contributed by atoms with Crippen LogP contribution in [0, 0.1) is 6.92 Å². The fraction of sp³-hybridized carbons (Fsp3) is 0.100. The molecule has 1 aromatic carbocycles. The summed E-state index contributed by atoms with van der Waals surface area (Å²) in [5, 5.41) is 3.42. The van der Waals surface area contributed by atoms with Gasteiger partial charge >= 0.3 is 6.03 Å². The van der Waals surface area contributed by atoms with Crippen LogP contribution in [0.25, 0.3) is 10.9 Å². The number of carbonyl (C=O) groups is 1. The summed E-state index contributed by atoms with van der Waals surface area (Å²) in [4.78, 5) is 19.0. The van der Waals surface area contributed by atoms with Crippen LogP contribution in [0.4, 0.5) is 10.5 Å². The summed E-state index contributed by atoms with van der Waals surface area (Å²) in [7, 11) is 0. The summed E-state index contributed by atoms with van der Waals surface area (Å²) in [6.07, 6.45) is 1.74. The van der Waals surface area contributed by atoms with Crippen LogP contribution in [0.1, 0.15) is 5.82 Å². The van der Waals surface area contributed by atoms with Crippen LogP contribution in [0.15, 0.2) is 24.4 Å². The van der Waals surface area contributed by atoms with E-state index in [0.717, 1.165) is 10.9 Å². The number of carbonyl (C=O) groups excluding carboxylic acids is 1. The fourth-order valence-electron chi connectivity index (χ4n) is 1.34. The first-order valence-corrected chi connectivity index (χ1v) is 4.45. The van der Waals surface area contributed by atoms with E-state index in [9.17, 15) is 4.79 Å². The number of benzene rings is 1. The molecule has 0 aliphatic rings. The van der Waals surface area contributed by atoms with E-state index in [1.54, 1.807) is 18.3 Å². The smallest absolute Gasteiger partial charge is 0.316 e. The molecule has 0 saturated heterocycles. The number of rotatable bonds is 1. The first-order chi connectivity index (χ1) is 7.15. The summed E-state index contributed by atoms with van der Waals surface area (Å²) in [5.41, 5.74) is 6.43. The van der Waals surface area contributed by atoms with E-state index in [4.69, 9.17) is 5.73 Å². The van der Waals surface area contributed by atoms with Crippen molar-refractivity contribution in [3.63, 3.8) is 0 Å². The Balaban J connectivity index is 2.49. The van der Waals surface area contributed by atoms with Gasteiger partial charge in [0.2, 0.25) is 0 Å². The largest absolute Gasteiger partial charge is 0.351 e. The summed E-state index contributed by atoms with van der Waals surface area (Å²) in [6, 6.07) is 4.76. The third-order valence-corrected chi connectivity index (χ3v) is 1.97. The molecule has 0 atom stereocenters. The van der Waals surface area contributed by atoms with Gasteiger partial charge in [-0.2, -0.15) is 0 Å². The zero-order chi connectivity index (χ0) is 10.8. The Bertz CT molecular complexity index is 524. The quantitative estimate of drug-likeness (QED) is 0.733. The van der Waals surface area contributed by atoms with Gasteiger partial charge < -0.3 is 11.1 Å². The fourth-order valence-corrected chi connectivity index (χ4v) is 1.34. The molecule has 1 heterocycles. The number of urea groups is 1. The first-order valence-electron chi connectivity index (χ1n) is 4.45. The SMILES string of the molecule is Cc1ncc2ccc(NC(N)=O)cc2n1. The van der Waals surface area contributed by atoms with E-state index >= 15 is 0 Å². The zero-order valence-corrected chi connectivity index (χ0v) is 8.19. The maximum atomic E-state index is 10.7. The van der Waals surface area contributed by atoms with Crippen LogP contribution in [-0.2, 0) is 0 Å².